The third-order valence-electron chi connectivity index (χ3n) is 1.47. The molecule has 12 heavy (non-hydrogen) atoms. The van der Waals surface area contributed by atoms with Gasteiger partial charge in [0.2, 0.25) is 0 Å². The van der Waals surface area contributed by atoms with E-state index in [4.69, 9.17) is 17.3 Å². The zero-order chi connectivity index (χ0) is 8.43. The third kappa shape index (κ3) is 2.94. The average molecular weight is 271 g/mol. The van der Waals surface area contributed by atoms with Crippen molar-refractivity contribution in [3.63, 3.8) is 0 Å². The molecule has 0 amide bonds. The molecule has 0 aliphatic carbocycles. The summed E-state index contributed by atoms with van der Waals surface area (Å²) in [6.07, 6.45) is 0. The van der Waals surface area contributed by atoms with E-state index in [9.17, 15) is 0 Å². The van der Waals surface area contributed by atoms with Gasteiger partial charge in [-0.25, -0.2) is 0 Å². The maximum atomic E-state index is 5.86. The normalized spacial score (nSPS) is 12.0. The summed E-state index contributed by atoms with van der Waals surface area (Å²) in [7, 11) is 0. The minimum Gasteiger partial charge on any atom is -0.324 e. The molecule has 4 heteroatoms. The van der Waals surface area contributed by atoms with Crippen molar-refractivity contribution in [2.45, 2.75) is 13.0 Å². The van der Waals surface area contributed by atoms with Crippen LogP contribution in [-0.2, 0) is 0 Å². The Balaban J connectivity index is 0.00000121. The number of rotatable bonds is 1. The Morgan fingerprint density at radius 2 is 2.08 bits per heavy atom. The zero-order valence-electron chi connectivity index (χ0n) is 6.55. The SMILES string of the molecule is C[C@@H](N)c1ccc(Br)c(Cl)c1.Cl. The smallest absolute Gasteiger partial charge is 0.0551 e. The van der Waals surface area contributed by atoms with Crippen LogP contribution in [0.15, 0.2) is 22.7 Å². The van der Waals surface area contributed by atoms with Gasteiger partial charge in [-0.1, -0.05) is 17.7 Å². The van der Waals surface area contributed by atoms with Crippen LogP contribution in [0, 0.1) is 0 Å². The second kappa shape index (κ2) is 5.07. The van der Waals surface area contributed by atoms with Gasteiger partial charge in [0, 0.05) is 10.5 Å². The molecule has 1 aromatic rings. The average Bonchev–Trinajstić information content (AvgIpc) is 1.94. The molecule has 0 saturated heterocycles. The Hall–Kier alpha value is 0.240. The molecule has 2 N–H and O–H groups in total. The molecule has 0 fully saturated rings. The number of hydrogen-bond donors (Lipinski definition) is 1. The lowest BCUT2D eigenvalue weighted by atomic mass is 10.1. The second-order valence-corrected chi connectivity index (χ2v) is 3.72. The van der Waals surface area contributed by atoms with E-state index in [1.807, 2.05) is 25.1 Å². The Kier molecular flexibility index (Phi) is 5.18. The summed E-state index contributed by atoms with van der Waals surface area (Å²) in [5, 5.41) is 0.708. The summed E-state index contributed by atoms with van der Waals surface area (Å²) in [6.45, 7) is 1.93. The van der Waals surface area contributed by atoms with Crippen LogP contribution in [0.1, 0.15) is 18.5 Å². The molecule has 0 aliphatic heterocycles. The third-order valence-corrected chi connectivity index (χ3v) is 2.70. The van der Waals surface area contributed by atoms with Gasteiger partial charge in [0.15, 0.2) is 0 Å². The fourth-order valence-corrected chi connectivity index (χ4v) is 1.23. The highest BCUT2D eigenvalue weighted by Crippen LogP contribution is 2.24. The van der Waals surface area contributed by atoms with Crippen LogP contribution in [0.2, 0.25) is 5.02 Å². The molecule has 0 spiro atoms. The number of nitrogens with two attached hydrogens (primary N) is 1. The lowest BCUT2D eigenvalue weighted by Gasteiger charge is -2.05. The highest BCUT2D eigenvalue weighted by molar-refractivity contribution is 9.10. The first-order valence-corrected chi connectivity index (χ1v) is 4.49. The van der Waals surface area contributed by atoms with Gasteiger partial charge in [-0.15, -0.1) is 12.4 Å². The highest BCUT2D eigenvalue weighted by atomic mass is 79.9. The van der Waals surface area contributed by atoms with Crippen LogP contribution < -0.4 is 5.73 Å². The molecule has 0 aliphatic rings. The summed E-state index contributed by atoms with van der Waals surface area (Å²) in [6, 6.07) is 5.78. The molecule has 0 aromatic heterocycles. The fraction of sp³-hybridized carbons (Fsp3) is 0.250. The molecular formula is C8H10BrCl2N. The van der Waals surface area contributed by atoms with Crippen LogP contribution in [0.3, 0.4) is 0 Å². The largest absolute Gasteiger partial charge is 0.324 e. The van der Waals surface area contributed by atoms with Crippen LogP contribution >= 0.6 is 39.9 Å². The van der Waals surface area contributed by atoms with Gasteiger partial charge in [0.25, 0.3) is 0 Å². The number of halogens is 3. The summed E-state index contributed by atoms with van der Waals surface area (Å²) < 4.78 is 0.906. The van der Waals surface area contributed by atoms with Crippen molar-refractivity contribution >= 4 is 39.9 Å². The Labute approximate surface area is 91.8 Å². The molecule has 1 nitrogen and oxygen atoms in total. The van der Waals surface area contributed by atoms with Gasteiger partial charge >= 0.3 is 0 Å². The molecular weight excluding hydrogens is 261 g/mol. The lowest BCUT2D eigenvalue weighted by molar-refractivity contribution is 0.818. The number of benzene rings is 1. The summed E-state index contributed by atoms with van der Waals surface area (Å²) in [5.41, 5.74) is 6.71. The standard InChI is InChI=1S/C8H9BrClN.ClH/c1-5(11)6-2-3-7(9)8(10)4-6;/h2-5H,11H2,1H3;1H/t5-;/m1./s1. The molecule has 0 heterocycles. The first-order valence-electron chi connectivity index (χ1n) is 3.32. The van der Waals surface area contributed by atoms with Crippen molar-refractivity contribution in [1.29, 1.82) is 0 Å². The van der Waals surface area contributed by atoms with Crippen molar-refractivity contribution in [3.05, 3.63) is 33.3 Å². The first-order chi connectivity index (χ1) is 5.11. The fourth-order valence-electron chi connectivity index (χ4n) is 0.796. The van der Waals surface area contributed by atoms with Crippen molar-refractivity contribution < 1.29 is 0 Å². The summed E-state index contributed by atoms with van der Waals surface area (Å²) in [4.78, 5) is 0. The Morgan fingerprint density at radius 3 is 2.50 bits per heavy atom. The summed E-state index contributed by atoms with van der Waals surface area (Å²) >= 11 is 9.16. The maximum Gasteiger partial charge on any atom is 0.0551 e. The van der Waals surface area contributed by atoms with Crippen molar-refractivity contribution in [1.82, 2.24) is 0 Å². The predicted octanol–water partition coefficient (Wildman–Crippen LogP) is 3.54. The van der Waals surface area contributed by atoms with E-state index in [1.54, 1.807) is 0 Å². The highest BCUT2D eigenvalue weighted by Gasteiger charge is 2.01. The minimum absolute atomic E-state index is 0. The van der Waals surface area contributed by atoms with Crippen molar-refractivity contribution in [2.24, 2.45) is 5.73 Å². The molecule has 0 radical (unpaired) electrons. The maximum absolute atomic E-state index is 5.86. The minimum atomic E-state index is 0. The van der Waals surface area contributed by atoms with Gasteiger partial charge in [0.05, 0.1) is 5.02 Å². The Bertz CT molecular complexity index is 263. The van der Waals surface area contributed by atoms with E-state index in [0.29, 0.717) is 5.02 Å². The van der Waals surface area contributed by atoms with Gasteiger partial charge in [-0.3, -0.25) is 0 Å². The van der Waals surface area contributed by atoms with Gasteiger partial charge < -0.3 is 5.73 Å². The lowest BCUT2D eigenvalue weighted by Crippen LogP contribution is -2.04. The molecule has 1 atom stereocenters. The molecule has 0 bridgehead atoms. The van der Waals surface area contributed by atoms with Gasteiger partial charge in [-0.2, -0.15) is 0 Å². The van der Waals surface area contributed by atoms with Crippen LogP contribution in [0.5, 0.6) is 0 Å². The van der Waals surface area contributed by atoms with E-state index in [0.717, 1.165) is 10.0 Å². The molecule has 1 rings (SSSR count). The topological polar surface area (TPSA) is 26.0 Å². The summed E-state index contributed by atoms with van der Waals surface area (Å²) in [5.74, 6) is 0. The van der Waals surface area contributed by atoms with Gasteiger partial charge in [-0.05, 0) is 40.5 Å². The molecule has 0 unspecified atom stereocenters. The van der Waals surface area contributed by atoms with E-state index in [2.05, 4.69) is 15.9 Å². The predicted molar refractivity (Wildman–Crippen MR) is 59.0 cm³/mol. The first kappa shape index (κ1) is 12.2. The van der Waals surface area contributed by atoms with Crippen molar-refractivity contribution in [3.8, 4) is 0 Å². The van der Waals surface area contributed by atoms with E-state index >= 15 is 0 Å². The Morgan fingerprint density at radius 1 is 1.50 bits per heavy atom. The molecule has 1 aromatic carbocycles. The molecule has 0 saturated carbocycles. The van der Waals surface area contributed by atoms with E-state index in [-0.39, 0.29) is 18.4 Å². The second-order valence-electron chi connectivity index (χ2n) is 2.46. The van der Waals surface area contributed by atoms with Gasteiger partial charge in [0.1, 0.15) is 0 Å². The van der Waals surface area contributed by atoms with Crippen LogP contribution in [0.4, 0.5) is 0 Å². The quantitative estimate of drug-likeness (QED) is 0.830. The zero-order valence-corrected chi connectivity index (χ0v) is 9.71. The van der Waals surface area contributed by atoms with E-state index < -0.39 is 0 Å². The van der Waals surface area contributed by atoms with Crippen LogP contribution in [0.25, 0.3) is 0 Å². The van der Waals surface area contributed by atoms with E-state index in [1.165, 1.54) is 0 Å². The number of hydrogen-bond acceptors (Lipinski definition) is 1. The molecule has 68 valence electrons. The van der Waals surface area contributed by atoms with Crippen LogP contribution in [-0.4, -0.2) is 0 Å². The van der Waals surface area contributed by atoms with Crippen molar-refractivity contribution in [2.75, 3.05) is 0 Å². The monoisotopic (exact) mass is 269 g/mol.